The molecule has 1 aromatic heterocycles. The summed E-state index contributed by atoms with van der Waals surface area (Å²) in [5.74, 6) is 0.198. The van der Waals surface area contributed by atoms with Gasteiger partial charge in [0.25, 0.3) is 0 Å². The van der Waals surface area contributed by atoms with E-state index < -0.39 is 5.97 Å². The number of nitrogens with zero attached hydrogens (tertiary/aromatic N) is 2. The number of aromatic nitrogens is 1. The standard InChI is InChI=1S/C17H24N2O4/c1-22-16(20)7-6-12-23-17(21)14-8-9-15(18-13-14)19-10-4-2-3-5-11-19/h8-9,13H,2-7,10-12H2,1H3. The Labute approximate surface area is 136 Å². The van der Waals surface area contributed by atoms with Gasteiger partial charge in [-0.15, -0.1) is 0 Å². The fraction of sp³-hybridized carbons (Fsp3) is 0.588. The third-order valence-electron chi connectivity index (χ3n) is 3.90. The Balaban J connectivity index is 1.81. The SMILES string of the molecule is COC(=O)CCCOC(=O)c1ccc(N2CCCCCC2)nc1. The average Bonchev–Trinajstić information content (AvgIpc) is 2.87. The van der Waals surface area contributed by atoms with Crippen LogP contribution in [0.2, 0.25) is 0 Å². The van der Waals surface area contributed by atoms with E-state index in [0.717, 1.165) is 18.9 Å². The molecule has 0 atom stereocenters. The maximum atomic E-state index is 11.9. The second-order valence-electron chi connectivity index (χ2n) is 5.62. The first-order valence-electron chi connectivity index (χ1n) is 8.15. The van der Waals surface area contributed by atoms with E-state index in [2.05, 4.69) is 14.6 Å². The van der Waals surface area contributed by atoms with Crippen molar-refractivity contribution < 1.29 is 19.1 Å². The molecule has 1 saturated heterocycles. The van der Waals surface area contributed by atoms with Crippen LogP contribution in [-0.4, -0.2) is 43.7 Å². The zero-order valence-electron chi connectivity index (χ0n) is 13.6. The average molecular weight is 320 g/mol. The monoisotopic (exact) mass is 320 g/mol. The molecule has 1 fully saturated rings. The van der Waals surface area contributed by atoms with Crippen LogP contribution in [0.25, 0.3) is 0 Å². The number of carbonyl (C=O) groups is 2. The summed E-state index contributed by atoms with van der Waals surface area (Å²) in [6.45, 7) is 2.23. The lowest BCUT2D eigenvalue weighted by atomic mass is 10.2. The van der Waals surface area contributed by atoms with Crippen molar-refractivity contribution in [2.24, 2.45) is 0 Å². The fourth-order valence-corrected chi connectivity index (χ4v) is 2.56. The molecule has 0 N–H and O–H groups in total. The van der Waals surface area contributed by atoms with Crippen LogP contribution in [0.1, 0.15) is 48.9 Å². The lowest BCUT2D eigenvalue weighted by Gasteiger charge is -2.21. The normalized spacial score (nSPS) is 14.9. The number of hydrogen-bond acceptors (Lipinski definition) is 6. The second kappa shape index (κ2) is 9.12. The van der Waals surface area contributed by atoms with Crippen molar-refractivity contribution in [1.82, 2.24) is 4.98 Å². The third-order valence-corrected chi connectivity index (χ3v) is 3.90. The summed E-state index contributed by atoms with van der Waals surface area (Å²) >= 11 is 0. The Morgan fingerprint density at radius 1 is 1.17 bits per heavy atom. The van der Waals surface area contributed by atoms with Gasteiger partial charge in [0, 0.05) is 25.7 Å². The van der Waals surface area contributed by atoms with Gasteiger partial charge in [-0.05, 0) is 31.4 Å². The van der Waals surface area contributed by atoms with Gasteiger partial charge in [-0.1, -0.05) is 12.8 Å². The highest BCUT2D eigenvalue weighted by molar-refractivity contribution is 5.89. The molecule has 6 nitrogen and oxygen atoms in total. The van der Waals surface area contributed by atoms with Crippen molar-refractivity contribution >= 4 is 17.8 Å². The lowest BCUT2D eigenvalue weighted by molar-refractivity contribution is -0.140. The minimum atomic E-state index is -0.412. The zero-order chi connectivity index (χ0) is 16.5. The van der Waals surface area contributed by atoms with E-state index in [1.54, 1.807) is 12.3 Å². The van der Waals surface area contributed by atoms with Gasteiger partial charge in [0.1, 0.15) is 5.82 Å². The van der Waals surface area contributed by atoms with Crippen LogP contribution in [0, 0.1) is 0 Å². The van der Waals surface area contributed by atoms with Crippen molar-refractivity contribution in [3.63, 3.8) is 0 Å². The van der Waals surface area contributed by atoms with Crippen LogP contribution in [0.4, 0.5) is 5.82 Å². The maximum Gasteiger partial charge on any atom is 0.339 e. The molecular formula is C17H24N2O4. The topological polar surface area (TPSA) is 68.7 Å². The van der Waals surface area contributed by atoms with Crippen LogP contribution in [0.3, 0.4) is 0 Å². The number of carbonyl (C=O) groups excluding carboxylic acids is 2. The van der Waals surface area contributed by atoms with E-state index in [4.69, 9.17) is 4.74 Å². The fourth-order valence-electron chi connectivity index (χ4n) is 2.56. The molecule has 1 aliphatic rings. The van der Waals surface area contributed by atoms with Crippen molar-refractivity contribution in [3.8, 4) is 0 Å². The second-order valence-corrected chi connectivity index (χ2v) is 5.62. The highest BCUT2D eigenvalue weighted by Crippen LogP contribution is 2.17. The van der Waals surface area contributed by atoms with Crippen molar-refractivity contribution in [2.75, 3.05) is 31.7 Å². The minimum absolute atomic E-state index is 0.196. The summed E-state index contributed by atoms with van der Waals surface area (Å²) in [6.07, 6.45) is 7.17. The van der Waals surface area contributed by atoms with Gasteiger partial charge >= 0.3 is 11.9 Å². The summed E-state index contributed by atoms with van der Waals surface area (Å²) in [5.41, 5.74) is 0.432. The Morgan fingerprint density at radius 2 is 1.91 bits per heavy atom. The molecule has 126 valence electrons. The lowest BCUT2D eigenvalue weighted by Crippen LogP contribution is -2.24. The van der Waals surface area contributed by atoms with Gasteiger partial charge in [0.15, 0.2) is 0 Å². The molecule has 1 aliphatic heterocycles. The number of esters is 2. The molecule has 0 saturated carbocycles. The third kappa shape index (κ3) is 5.54. The van der Waals surface area contributed by atoms with Crippen molar-refractivity contribution in [1.29, 1.82) is 0 Å². The number of methoxy groups -OCH3 is 1. The first-order valence-corrected chi connectivity index (χ1v) is 8.15. The first kappa shape index (κ1) is 17.2. The Bertz CT molecular complexity index is 508. The van der Waals surface area contributed by atoms with Crippen LogP contribution in [0.5, 0.6) is 0 Å². The number of pyridine rings is 1. The molecule has 0 spiro atoms. The van der Waals surface area contributed by atoms with Gasteiger partial charge in [0.2, 0.25) is 0 Å². The Kier molecular flexibility index (Phi) is 6.84. The number of ether oxygens (including phenoxy) is 2. The molecule has 0 unspecified atom stereocenters. The molecule has 1 aromatic rings. The molecule has 2 heterocycles. The largest absolute Gasteiger partial charge is 0.469 e. The molecule has 0 radical (unpaired) electrons. The van der Waals surface area contributed by atoms with Crippen LogP contribution in [0.15, 0.2) is 18.3 Å². The van der Waals surface area contributed by atoms with E-state index in [1.165, 1.54) is 32.8 Å². The molecule has 6 heteroatoms. The number of rotatable bonds is 6. The van der Waals surface area contributed by atoms with Crippen molar-refractivity contribution in [3.05, 3.63) is 23.9 Å². The van der Waals surface area contributed by atoms with Crippen molar-refractivity contribution in [2.45, 2.75) is 38.5 Å². The van der Waals surface area contributed by atoms with Gasteiger partial charge in [-0.25, -0.2) is 9.78 Å². The molecule has 0 aliphatic carbocycles. The Morgan fingerprint density at radius 3 is 2.52 bits per heavy atom. The molecule has 0 aromatic carbocycles. The first-order chi connectivity index (χ1) is 11.2. The molecule has 0 bridgehead atoms. The summed E-state index contributed by atoms with van der Waals surface area (Å²) in [6, 6.07) is 3.62. The van der Waals surface area contributed by atoms with Crippen LogP contribution < -0.4 is 4.90 Å². The van der Waals surface area contributed by atoms with Gasteiger partial charge < -0.3 is 14.4 Å². The highest BCUT2D eigenvalue weighted by atomic mass is 16.5. The summed E-state index contributed by atoms with van der Waals surface area (Å²) in [5, 5.41) is 0. The maximum absolute atomic E-state index is 11.9. The molecule has 2 rings (SSSR count). The summed E-state index contributed by atoms with van der Waals surface area (Å²) in [4.78, 5) is 29.5. The summed E-state index contributed by atoms with van der Waals surface area (Å²) < 4.78 is 9.66. The molecule has 0 amide bonds. The molecule has 23 heavy (non-hydrogen) atoms. The van der Waals surface area contributed by atoms with E-state index in [1.807, 2.05) is 6.07 Å². The smallest absolute Gasteiger partial charge is 0.339 e. The predicted octanol–water partition coefficient (Wildman–Crippen LogP) is 2.57. The number of hydrogen-bond donors (Lipinski definition) is 0. The van der Waals surface area contributed by atoms with E-state index >= 15 is 0 Å². The van der Waals surface area contributed by atoms with E-state index in [9.17, 15) is 9.59 Å². The van der Waals surface area contributed by atoms with E-state index in [0.29, 0.717) is 12.0 Å². The zero-order valence-corrected chi connectivity index (χ0v) is 13.6. The molecular weight excluding hydrogens is 296 g/mol. The number of anilines is 1. The minimum Gasteiger partial charge on any atom is -0.469 e. The summed E-state index contributed by atoms with van der Waals surface area (Å²) in [7, 11) is 1.34. The quantitative estimate of drug-likeness (QED) is 0.593. The van der Waals surface area contributed by atoms with Crippen LogP contribution in [-0.2, 0) is 14.3 Å². The van der Waals surface area contributed by atoms with Crippen LogP contribution >= 0.6 is 0 Å². The van der Waals surface area contributed by atoms with Gasteiger partial charge in [-0.3, -0.25) is 4.79 Å². The van der Waals surface area contributed by atoms with E-state index in [-0.39, 0.29) is 19.0 Å². The predicted molar refractivity (Wildman–Crippen MR) is 86.5 cm³/mol. The van der Waals surface area contributed by atoms with Gasteiger partial charge in [-0.2, -0.15) is 0 Å². The van der Waals surface area contributed by atoms with Gasteiger partial charge in [0.05, 0.1) is 19.3 Å². The Hall–Kier alpha value is -2.11. The highest BCUT2D eigenvalue weighted by Gasteiger charge is 2.13.